The number of aliphatic carboxylic acids is 1. The van der Waals surface area contributed by atoms with E-state index in [1.165, 1.54) is 19.3 Å². The van der Waals surface area contributed by atoms with Gasteiger partial charge >= 0.3 is 35.5 Å². The quantitative estimate of drug-likeness (QED) is 0.568. The predicted molar refractivity (Wildman–Crippen MR) is 113 cm³/mol. The minimum Gasteiger partial charge on any atom is -1.00 e. The number of fused-ring (bicyclic) bond motifs is 5. The third-order valence-electron chi connectivity index (χ3n) is 10.3. The van der Waals surface area contributed by atoms with Gasteiger partial charge in [-0.05, 0) is 104 Å². The first-order chi connectivity index (χ1) is 13.2. The first kappa shape index (κ1) is 26.6. The van der Waals surface area contributed by atoms with Gasteiger partial charge in [-0.2, -0.15) is 0 Å². The average Bonchev–Trinajstić information content (AvgIpc) is 3.00. The van der Waals surface area contributed by atoms with E-state index in [9.17, 15) is 15.0 Å². The van der Waals surface area contributed by atoms with Crippen LogP contribution in [0.1, 0.15) is 86.4 Å². The summed E-state index contributed by atoms with van der Waals surface area (Å²) in [7, 11) is 0. The Bertz CT molecular complexity index is 621. The summed E-state index contributed by atoms with van der Waals surface area (Å²) in [6, 6.07) is 0. The molecule has 0 aromatic carbocycles. The van der Waals surface area contributed by atoms with Gasteiger partial charge in [-0.3, -0.25) is 4.79 Å². The fourth-order valence-electron chi connectivity index (χ4n) is 8.71. The second-order valence-corrected chi connectivity index (χ2v) is 11.3. The molecule has 4 aliphatic rings. The van der Waals surface area contributed by atoms with Crippen LogP contribution in [0, 0.1) is 46.3 Å². The number of carboxylic acid groups (broad SMARTS) is 1. The molecule has 170 valence electrons. The molecule has 30 heavy (non-hydrogen) atoms. The number of hydrogen-bond acceptors (Lipinski definition) is 3. The van der Waals surface area contributed by atoms with Crippen LogP contribution in [0.3, 0.4) is 0 Å². The zero-order valence-corrected chi connectivity index (χ0v) is 21.4. The average molecular weight is 435 g/mol. The molecule has 0 bridgehead atoms. The molecular formula is C24H43NaO5. The molecule has 4 saturated carbocycles. The minimum absolute atomic E-state index is 0. The monoisotopic (exact) mass is 434 g/mol. The number of carbonyl (C=O) groups is 1. The van der Waals surface area contributed by atoms with E-state index in [4.69, 9.17) is 5.11 Å². The van der Waals surface area contributed by atoms with E-state index in [2.05, 4.69) is 20.8 Å². The standard InChI is InChI=1S/C24H40O4.Na.H2O.H/c1-14(4-9-22(27)28)18-7-8-19-17-6-5-15-12-16(25)10-11-23(15,2)20(17)13-21(26)24(18,19)3;;;/h14-21,25-26H,4-13H2,1-3H3,(H,27,28);;1H2;/q;+1;;-1/t14-,15-,16-,17+,18-,19+,20+,21+,23+,24-;;;/m1.../s1. The van der Waals surface area contributed by atoms with E-state index in [0.29, 0.717) is 35.5 Å². The fourth-order valence-corrected chi connectivity index (χ4v) is 8.71. The molecule has 0 aromatic heterocycles. The number of aliphatic hydroxyl groups excluding tert-OH is 2. The van der Waals surface area contributed by atoms with Crippen molar-refractivity contribution in [3.63, 3.8) is 0 Å². The maximum absolute atomic E-state index is 11.5. The van der Waals surface area contributed by atoms with Crippen molar-refractivity contribution < 1.29 is 56.6 Å². The Morgan fingerprint density at radius 3 is 2.43 bits per heavy atom. The normalized spacial score (nSPS) is 48.2. The van der Waals surface area contributed by atoms with E-state index < -0.39 is 5.97 Å². The van der Waals surface area contributed by atoms with Gasteiger partial charge in [0.25, 0.3) is 0 Å². The van der Waals surface area contributed by atoms with Crippen molar-refractivity contribution in [2.24, 2.45) is 46.3 Å². The molecule has 6 heteroatoms. The molecule has 5 N–H and O–H groups in total. The Balaban J connectivity index is 0.00000160. The molecule has 0 unspecified atom stereocenters. The molecule has 0 saturated heterocycles. The second-order valence-electron chi connectivity index (χ2n) is 11.3. The molecule has 4 aliphatic carbocycles. The smallest absolute Gasteiger partial charge is 1.00 e. The van der Waals surface area contributed by atoms with E-state index in [-0.39, 0.29) is 65.9 Å². The van der Waals surface area contributed by atoms with Gasteiger partial charge in [-0.1, -0.05) is 20.8 Å². The van der Waals surface area contributed by atoms with Gasteiger partial charge in [0, 0.05) is 6.42 Å². The number of carboxylic acids is 1. The molecule has 0 spiro atoms. The number of aliphatic hydroxyl groups is 2. The first-order valence-corrected chi connectivity index (χ1v) is 11.8. The van der Waals surface area contributed by atoms with E-state index in [1.54, 1.807) is 0 Å². The summed E-state index contributed by atoms with van der Waals surface area (Å²) in [5.41, 5.74) is 0.216. The van der Waals surface area contributed by atoms with Crippen molar-refractivity contribution in [2.75, 3.05) is 0 Å². The Kier molecular flexibility index (Phi) is 8.59. The van der Waals surface area contributed by atoms with Crippen LogP contribution < -0.4 is 29.6 Å². The SMILES string of the molecule is C[C@H](CCC(=O)O)[C@H]1CC[C@H]2[C@@H]3CC[C@@H]4C[C@H](O)CC[C@]4(C)[C@H]3C[C@H](O)[C@]12C.O.[H-].[Na+]. The summed E-state index contributed by atoms with van der Waals surface area (Å²) in [5, 5.41) is 30.8. The third kappa shape index (κ3) is 4.17. The Morgan fingerprint density at radius 2 is 1.77 bits per heavy atom. The van der Waals surface area contributed by atoms with E-state index in [1.807, 2.05) is 0 Å². The van der Waals surface area contributed by atoms with Crippen molar-refractivity contribution in [1.82, 2.24) is 0 Å². The number of hydrogen-bond donors (Lipinski definition) is 3. The van der Waals surface area contributed by atoms with Crippen LogP contribution in [0.4, 0.5) is 0 Å². The summed E-state index contributed by atoms with van der Waals surface area (Å²) in [4.78, 5) is 11.1. The van der Waals surface area contributed by atoms with Crippen molar-refractivity contribution in [3.05, 3.63) is 0 Å². The molecule has 0 aromatic rings. The molecule has 0 amide bonds. The maximum atomic E-state index is 11.5. The molecular weight excluding hydrogens is 391 g/mol. The molecule has 4 fully saturated rings. The van der Waals surface area contributed by atoms with Gasteiger partial charge in [-0.15, -0.1) is 0 Å². The summed E-state index contributed by atoms with van der Waals surface area (Å²) < 4.78 is 0. The van der Waals surface area contributed by atoms with Crippen LogP contribution in [-0.2, 0) is 4.79 Å². The molecule has 10 atom stereocenters. The van der Waals surface area contributed by atoms with Crippen molar-refractivity contribution in [1.29, 1.82) is 0 Å². The maximum Gasteiger partial charge on any atom is 1.00 e. The second kappa shape index (κ2) is 9.69. The summed E-state index contributed by atoms with van der Waals surface area (Å²) >= 11 is 0. The van der Waals surface area contributed by atoms with Gasteiger partial charge in [0.2, 0.25) is 0 Å². The topological polar surface area (TPSA) is 109 Å². The predicted octanol–water partition coefficient (Wildman–Crippen LogP) is 0.770. The molecule has 0 aliphatic heterocycles. The van der Waals surface area contributed by atoms with Crippen LogP contribution in [-0.4, -0.2) is 39.0 Å². The van der Waals surface area contributed by atoms with Gasteiger partial charge in [0.05, 0.1) is 12.2 Å². The molecule has 0 radical (unpaired) electrons. The van der Waals surface area contributed by atoms with Crippen LogP contribution in [0.5, 0.6) is 0 Å². The van der Waals surface area contributed by atoms with E-state index in [0.717, 1.165) is 38.5 Å². The molecule has 4 rings (SSSR count). The van der Waals surface area contributed by atoms with E-state index >= 15 is 0 Å². The van der Waals surface area contributed by atoms with Crippen LogP contribution in [0.15, 0.2) is 0 Å². The van der Waals surface area contributed by atoms with Gasteiger partial charge < -0.3 is 22.2 Å². The minimum atomic E-state index is -0.707. The van der Waals surface area contributed by atoms with Crippen LogP contribution in [0.25, 0.3) is 0 Å². The van der Waals surface area contributed by atoms with Crippen LogP contribution >= 0.6 is 0 Å². The van der Waals surface area contributed by atoms with Gasteiger partial charge in [0.1, 0.15) is 0 Å². The van der Waals surface area contributed by atoms with Gasteiger partial charge in [-0.25, -0.2) is 0 Å². The molecule has 0 heterocycles. The largest absolute Gasteiger partial charge is 1.00 e. The Hall–Kier alpha value is 0.350. The van der Waals surface area contributed by atoms with Crippen molar-refractivity contribution in [3.8, 4) is 0 Å². The summed E-state index contributed by atoms with van der Waals surface area (Å²) in [5.74, 6) is 2.55. The summed E-state index contributed by atoms with van der Waals surface area (Å²) in [6.45, 7) is 6.99. The summed E-state index contributed by atoms with van der Waals surface area (Å²) in [6.07, 6.45) is 9.26. The number of rotatable bonds is 4. The Labute approximate surface area is 205 Å². The fraction of sp³-hybridized carbons (Fsp3) is 0.958. The zero-order valence-electron chi connectivity index (χ0n) is 20.4. The van der Waals surface area contributed by atoms with Crippen LogP contribution in [0.2, 0.25) is 0 Å². The van der Waals surface area contributed by atoms with Crippen molar-refractivity contribution in [2.45, 2.75) is 97.2 Å². The third-order valence-corrected chi connectivity index (χ3v) is 10.3. The molecule has 5 nitrogen and oxygen atoms in total. The van der Waals surface area contributed by atoms with Gasteiger partial charge in [0.15, 0.2) is 0 Å². The zero-order chi connectivity index (χ0) is 20.3. The first-order valence-electron chi connectivity index (χ1n) is 11.8. The van der Waals surface area contributed by atoms with Crippen molar-refractivity contribution >= 4 is 5.97 Å². The Morgan fingerprint density at radius 1 is 1.07 bits per heavy atom.